The number of hydrogen-bond donors (Lipinski definition) is 0. The van der Waals surface area contributed by atoms with E-state index in [0.717, 1.165) is 35.5 Å². The molecule has 0 radical (unpaired) electrons. The maximum Gasteiger partial charge on any atom is 0.243 e. The Morgan fingerprint density at radius 3 is 2.27 bits per heavy atom. The third kappa shape index (κ3) is 3.39. The van der Waals surface area contributed by atoms with Gasteiger partial charge in [0.25, 0.3) is 0 Å². The van der Waals surface area contributed by atoms with E-state index in [9.17, 15) is 13.2 Å². The van der Waals surface area contributed by atoms with E-state index in [1.165, 1.54) is 38.4 Å². The van der Waals surface area contributed by atoms with Crippen LogP contribution in [-0.2, 0) is 14.8 Å². The van der Waals surface area contributed by atoms with Gasteiger partial charge in [0.15, 0.2) is 0 Å². The number of sulfonamides is 1. The highest BCUT2D eigenvalue weighted by Crippen LogP contribution is 2.47. The summed E-state index contributed by atoms with van der Waals surface area (Å²) in [6.07, 6.45) is 5.96. The number of amides is 1. The monoisotopic (exact) mass is 396 g/mol. The van der Waals surface area contributed by atoms with Crippen LogP contribution in [0, 0.1) is 17.8 Å². The SMILES string of the molecule is CN(CC(=O)N1CC2CC3CC(C2)CC1C3)S(=O)(=O)c1ccc(Cl)cc1. The van der Waals surface area contributed by atoms with Crippen LogP contribution in [0.5, 0.6) is 0 Å². The zero-order valence-electron chi connectivity index (χ0n) is 15.0. The molecule has 5 nitrogen and oxygen atoms in total. The smallest absolute Gasteiger partial charge is 0.243 e. The molecule has 2 atom stereocenters. The highest BCUT2D eigenvalue weighted by atomic mass is 35.5. The molecule has 142 valence electrons. The number of nitrogens with zero attached hydrogens (tertiary/aromatic N) is 2. The lowest BCUT2D eigenvalue weighted by Crippen LogP contribution is -2.47. The van der Waals surface area contributed by atoms with E-state index in [-0.39, 0.29) is 17.3 Å². The minimum absolute atomic E-state index is 0.0664. The number of carbonyl (C=O) groups is 1. The van der Waals surface area contributed by atoms with E-state index < -0.39 is 10.0 Å². The van der Waals surface area contributed by atoms with Crippen molar-refractivity contribution in [3.8, 4) is 0 Å². The maximum absolute atomic E-state index is 13.0. The molecule has 4 bridgehead atoms. The zero-order valence-corrected chi connectivity index (χ0v) is 16.5. The Kier molecular flexibility index (Phi) is 4.78. The normalized spacial score (nSPS) is 30.7. The molecule has 2 unspecified atom stereocenters. The maximum atomic E-state index is 13.0. The summed E-state index contributed by atoms with van der Waals surface area (Å²) >= 11 is 5.84. The largest absolute Gasteiger partial charge is 0.338 e. The van der Waals surface area contributed by atoms with Crippen molar-refractivity contribution in [2.45, 2.75) is 43.0 Å². The number of halogens is 1. The van der Waals surface area contributed by atoms with Gasteiger partial charge in [-0.25, -0.2) is 8.42 Å². The van der Waals surface area contributed by atoms with Crippen LogP contribution in [0.4, 0.5) is 0 Å². The molecule has 0 spiro atoms. The summed E-state index contributed by atoms with van der Waals surface area (Å²) < 4.78 is 26.6. The first-order chi connectivity index (χ1) is 12.3. The molecule has 5 rings (SSSR count). The third-order valence-corrected chi connectivity index (χ3v) is 8.38. The van der Waals surface area contributed by atoms with Gasteiger partial charge in [0.1, 0.15) is 0 Å². The Bertz CT molecular complexity index is 782. The average molecular weight is 397 g/mol. The van der Waals surface area contributed by atoms with E-state index in [4.69, 9.17) is 11.6 Å². The van der Waals surface area contributed by atoms with E-state index in [1.54, 1.807) is 12.1 Å². The van der Waals surface area contributed by atoms with Crippen LogP contribution in [-0.4, -0.2) is 49.7 Å². The average Bonchev–Trinajstić information content (AvgIpc) is 2.78. The third-order valence-electron chi connectivity index (χ3n) is 6.31. The molecule has 4 fully saturated rings. The fraction of sp³-hybridized carbons (Fsp3) is 0.632. The highest BCUT2D eigenvalue weighted by molar-refractivity contribution is 7.89. The summed E-state index contributed by atoms with van der Waals surface area (Å²) in [7, 11) is -2.22. The second-order valence-corrected chi connectivity index (χ2v) is 10.7. The molecular weight excluding hydrogens is 372 g/mol. The molecule has 0 aromatic heterocycles. The number of benzene rings is 1. The minimum atomic E-state index is -3.70. The van der Waals surface area contributed by atoms with Crippen LogP contribution in [0.25, 0.3) is 0 Å². The molecule has 1 amide bonds. The molecule has 4 aliphatic rings. The van der Waals surface area contributed by atoms with Gasteiger partial charge in [0.05, 0.1) is 11.4 Å². The Morgan fingerprint density at radius 1 is 1.08 bits per heavy atom. The van der Waals surface area contributed by atoms with Crippen molar-refractivity contribution in [1.82, 2.24) is 9.21 Å². The van der Waals surface area contributed by atoms with Crippen LogP contribution in [0.1, 0.15) is 32.1 Å². The van der Waals surface area contributed by atoms with Crippen LogP contribution < -0.4 is 0 Å². The van der Waals surface area contributed by atoms with E-state index in [0.29, 0.717) is 17.0 Å². The van der Waals surface area contributed by atoms with Crippen molar-refractivity contribution in [2.75, 3.05) is 20.1 Å². The molecule has 2 heterocycles. The van der Waals surface area contributed by atoms with Crippen LogP contribution in [0.15, 0.2) is 29.2 Å². The molecule has 7 heteroatoms. The molecule has 2 saturated carbocycles. The highest BCUT2D eigenvalue weighted by Gasteiger charge is 2.44. The van der Waals surface area contributed by atoms with Gasteiger partial charge in [-0.1, -0.05) is 11.6 Å². The van der Waals surface area contributed by atoms with Gasteiger partial charge in [0.2, 0.25) is 15.9 Å². The van der Waals surface area contributed by atoms with Gasteiger partial charge in [0, 0.05) is 24.7 Å². The van der Waals surface area contributed by atoms with Crippen LogP contribution in [0.3, 0.4) is 0 Å². The van der Waals surface area contributed by atoms with Crippen LogP contribution in [0.2, 0.25) is 5.02 Å². The zero-order chi connectivity index (χ0) is 18.5. The Labute approximate surface area is 160 Å². The van der Waals surface area contributed by atoms with Gasteiger partial charge in [-0.05, 0) is 74.1 Å². The van der Waals surface area contributed by atoms with E-state index in [1.807, 2.05) is 4.90 Å². The predicted octanol–water partition coefficient (Wildman–Crippen LogP) is 3.00. The molecule has 2 aliphatic carbocycles. The van der Waals surface area contributed by atoms with Gasteiger partial charge < -0.3 is 4.90 Å². The lowest BCUT2D eigenvalue weighted by atomic mass is 9.68. The lowest BCUT2D eigenvalue weighted by molar-refractivity contribution is -0.134. The summed E-state index contributed by atoms with van der Waals surface area (Å²) in [6, 6.07) is 6.35. The molecular formula is C19H25ClN2O3S. The summed E-state index contributed by atoms with van der Waals surface area (Å²) in [6.45, 7) is 0.689. The number of rotatable bonds is 4. The van der Waals surface area contributed by atoms with Crippen LogP contribution >= 0.6 is 11.6 Å². The van der Waals surface area contributed by atoms with Crippen molar-refractivity contribution in [1.29, 1.82) is 0 Å². The Balaban J connectivity index is 1.48. The first kappa shape index (κ1) is 18.3. The Hall–Kier alpha value is -1.11. The predicted molar refractivity (Wildman–Crippen MR) is 100 cm³/mol. The second-order valence-electron chi connectivity index (χ2n) is 8.19. The summed E-state index contributed by atoms with van der Waals surface area (Å²) in [4.78, 5) is 15.1. The summed E-state index contributed by atoms with van der Waals surface area (Å²) in [5.74, 6) is 2.04. The molecule has 2 saturated heterocycles. The molecule has 26 heavy (non-hydrogen) atoms. The van der Waals surface area contributed by atoms with E-state index in [2.05, 4.69) is 0 Å². The van der Waals surface area contributed by atoms with Gasteiger partial charge in [-0.3, -0.25) is 4.79 Å². The summed E-state index contributed by atoms with van der Waals surface area (Å²) in [5, 5.41) is 0.484. The number of likely N-dealkylation sites (N-methyl/N-ethyl adjacent to an activating group) is 1. The lowest BCUT2D eigenvalue weighted by Gasteiger charge is -2.39. The quantitative estimate of drug-likeness (QED) is 0.786. The molecule has 1 aromatic rings. The van der Waals surface area contributed by atoms with Gasteiger partial charge in [-0.2, -0.15) is 4.31 Å². The number of carbonyl (C=O) groups excluding carboxylic acids is 1. The number of fused-ring (bicyclic) bond motifs is 1. The molecule has 1 aromatic carbocycles. The minimum Gasteiger partial charge on any atom is -0.338 e. The van der Waals surface area contributed by atoms with Crippen molar-refractivity contribution >= 4 is 27.5 Å². The molecule has 0 N–H and O–H groups in total. The van der Waals surface area contributed by atoms with Crippen molar-refractivity contribution < 1.29 is 13.2 Å². The Morgan fingerprint density at radius 2 is 1.65 bits per heavy atom. The molecule has 2 aliphatic heterocycles. The van der Waals surface area contributed by atoms with Gasteiger partial charge >= 0.3 is 0 Å². The van der Waals surface area contributed by atoms with Gasteiger partial charge in [-0.15, -0.1) is 0 Å². The number of hydrogen-bond acceptors (Lipinski definition) is 3. The first-order valence-corrected chi connectivity index (χ1v) is 11.2. The van der Waals surface area contributed by atoms with Crippen molar-refractivity contribution in [2.24, 2.45) is 17.8 Å². The van der Waals surface area contributed by atoms with Crippen molar-refractivity contribution in [3.63, 3.8) is 0 Å². The topological polar surface area (TPSA) is 57.7 Å². The van der Waals surface area contributed by atoms with E-state index >= 15 is 0 Å². The fourth-order valence-corrected chi connectivity index (χ4v) is 6.49. The standard InChI is InChI=1S/C19H25ClN2O3S/c1-21(26(24,25)18-4-2-16(20)3-5-18)12-19(23)22-11-15-7-13-6-14(8-15)10-17(22)9-13/h2-5,13-15,17H,6-12H2,1H3. The summed E-state index contributed by atoms with van der Waals surface area (Å²) in [5.41, 5.74) is 0. The van der Waals surface area contributed by atoms with Crippen molar-refractivity contribution in [3.05, 3.63) is 29.3 Å². The second kappa shape index (κ2) is 6.80. The first-order valence-electron chi connectivity index (χ1n) is 9.34. The fourth-order valence-electron chi connectivity index (χ4n) is 5.24.